The molecule has 0 unspecified atom stereocenters. The predicted molar refractivity (Wildman–Crippen MR) is 69.0 cm³/mol. The summed E-state index contributed by atoms with van der Waals surface area (Å²) in [6.07, 6.45) is 2.56. The first-order valence-corrected chi connectivity index (χ1v) is 6.27. The zero-order chi connectivity index (χ0) is 12.2. The molecule has 2 aromatic rings. The van der Waals surface area contributed by atoms with Gasteiger partial charge in [0.2, 0.25) is 5.82 Å². The lowest BCUT2D eigenvalue weighted by atomic mass is 10.2. The van der Waals surface area contributed by atoms with Crippen molar-refractivity contribution in [1.82, 2.24) is 15.0 Å². The summed E-state index contributed by atoms with van der Waals surface area (Å²) in [6, 6.07) is 10.3. The second-order valence-electron chi connectivity index (χ2n) is 4.45. The summed E-state index contributed by atoms with van der Waals surface area (Å²) in [6.45, 7) is 3.07. The van der Waals surface area contributed by atoms with Crippen LogP contribution in [0.25, 0.3) is 11.4 Å². The molecule has 0 atom stereocenters. The van der Waals surface area contributed by atoms with E-state index in [1.807, 2.05) is 30.3 Å². The second kappa shape index (κ2) is 5.18. The molecule has 0 amide bonds. The van der Waals surface area contributed by atoms with Crippen LogP contribution in [0.4, 0.5) is 6.01 Å². The number of anilines is 1. The summed E-state index contributed by atoms with van der Waals surface area (Å²) in [7, 11) is 0. The lowest BCUT2D eigenvalue weighted by Gasteiger charge is -2.13. The van der Waals surface area contributed by atoms with Crippen molar-refractivity contribution in [2.75, 3.05) is 25.1 Å². The Morgan fingerprint density at radius 2 is 1.94 bits per heavy atom. The fraction of sp³-hybridized carbons (Fsp3) is 0.385. The third-order valence-corrected chi connectivity index (χ3v) is 3.11. The third kappa shape index (κ3) is 2.51. The molecule has 18 heavy (non-hydrogen) atoms. The van der Waals surface area contributed by atoms with Crippen molar-refractivity contribution >= 4 is 6.01 Å². The van der Waals surface area contributed by atoms with E-state index in [2.05, 4.69) is 20.4 Å². The van der Waals surface area contributed by atoms with Gasteiger partial charge in [0.15, 0.2) is 0 Å². The number of nitrogens with zero attached hydrogens (tertiary/aromatic N) is 3. The molecule has 1 aromatic heterocycles. The molecule has 1 aliphatic heterocycles. The Balaban J connectivity index is 1.63. The first kappa shape index (κ1) is 11.2. The van der Waals surface area contributed by atoms with Crippen molar-refractivity contribution in [2.24, 2.45) is 0 Å². The summed E-state index contributed by atoms with van der Waals surface area (Å²) in [5.74, 6) is 0.625. The Hall–Kier alpha value is -1.88. The molecular weight excluding hydrogens is 228 g/mol. The van der Waals surface area contributed by atoms with Gasteiger partial charge in [0, 0.05) is 5.56 Å². The van der Waals surface area contributed by atoms with Gasteiger partial charge in [-0.1, -0.05) is 35.5 Å². The third-order valence-electron chi connectivity index (χ3n) is 3.11. The normalized spacial score (nSPS) is 16.0. The van der Waals surface area contributed by atoms with E-state index in [0.717, 1.165) is 25.3 Å². The van der Waals surface area contributed by atoms with Gasteiger partial charge in [-0.2, -0.15) is 4.98 Å². The van der Waals surface area contributed by atoms with Crippen LogP contribution in [0.2, 0.25) is 0 Å². The van der Waals surface area contributed by atoms with E-state index in [0.29, 0.717) is 11.8 Å². The SMILES string of the molecule is c1ccc(-c2noc(NCN3CCCC3)n2)cc1. The van der Waals surface area contributed by atoms with Crippen LogP contribution in [0, 0.1) is 0 Å². The van der Waals surface area contributed by atoms with Crippen molar-refractivity contribution in [3.63, 3.8) is 0 Å². The van der Waals surface area contributed by atoms with Crippen LogP contribution in [0.5, 0.6) is 0 Å². The van der Waals surface area contributed by atoms with Crippen molar-refractivity contribution in [3.8, 4) is 11.4 Å². The highest BCUT2D eigenvalue weighted by Gasteiger charge is 2.12. The Bertz CT molecular complexity index is 491. The van der Waals surface area contributed by atoms with E-state index < -0.39 is 0 Å². The molecule has 1 aromatic carbocycles. The molecule has 0 aliphatic carbocycles. The number of aromatic nitrogens is 2. The van der Waals surface area contributed by atoms with Crippen LogP contribution in [0.15, 0.2) is 34.9 Å². The number of benzene rings is 1. The highest BCUT2D eigenvalue weighted by molar-refractivity contribution is 5.54. The molecule has 2 heterocycles. The number of hydrogen-bond acceptors (Lipinski definition) is 5. The van der Waals surface area contributed by atoms with Gasteiger partial charge < -0.3 is 9.84 Å². The van der Waals surface area contributed by atoms with E-state index in [-0.39, 0.29) is 0 Å². The van der Waals surface area contributed by atoms with Gasteiger partial charge in [-0.25, -0.2) is 0 Å². The zero-order valence-electron chi connectivity index (χ0n) is 10.2. The lowest BCUT2D eigenvalue weighted by Crippen LogP contribution is -2.26. The molecule has 1 aliphatic rings. The average molecular weight is 244 g/mol. The zero-order valence-corrected chi connectivity index (χ0v) is 10.2. The molecule has 3 rings (SSSR count). The molecule has 5 heteroatoms. The maximum absolute atomic E-state index is 5.18. The molecular formula is C13H16N4O. The number of rotatable bonds is 4. The van der Waals surface area contributed by atoms with Gasteiger partial charge in [-0.05, 0) is 25.9 Å². The summed E-state index contributed by atoms with van der Waals surface area (Å²) in [5, 5.41) is 7.13. The number of hydrogen-bond donors (Lipinski definition) is 1. The van der Waals surface area contributed by atoms with Gasteiger partial charge in [-0.15, -0.1) is 0 Å². The Labute approximate surface area is 106 Å². The lowest BCUT2D eigenvalue weighted by molar-refractivity contribution is 0.352. The van der Waals surface area contributed by atoms with Gasteiger partial charge in [0.1, 0.15) is 0 Å². The minimum Gasteiger partial charge on any atom is -0.325 e. The van der Waals surface area contributed by atoms with Crippen molar-refractivity contribution in [3.05, 3.63) is 30.3 Å². The molecule has 0 saturated carbocycles. The molecule has 1 N–H and O–H groups in total. The van der Waals surface area contributed by atoms with Gasteiger partial charge in [-0.3, -0.25) is 4.90 Å². The van der Waals surface area contributed by atoms with Gasteiger partial charge in [0.25, 0.3) is 0 Å². The minimum absolute atomic E-state index is 0.487. The Kier molecular flexibility index (Phi) is 3.23. The molecule has 0 radical (unpaired) electrons. The highest BCUT2D eigenvalue weighted by Crippen LogP contribution is 2.17. The van der Waals surface area contributed by atoms with Crippen LogP contribution in [-0.2, 0) is 0 Å². The summed E-state index contributed by atoms with van der Waals surface area (Å²) >= 11 is 0. The van der Waals surface area contributed by atoms with Crippen LogP contribution < -0.4 is 5.32 Å². The topological polar surface area (TPSA) is 54.2 Å². The van der Waals surface area contributed by atoms with E-state index in [1.165, 1.54) is 12.8 Å². The number of likely N-dealkylation sites (tertiary alicyclic amines) is 1. The Morgan fingerprint density at radius 1 is 1.17 bits per heavy atom. The number of nitrogens with one attached hydrogen (secondary N) is 1. The van der Waals surface area contributed by atoms with Crippen LogP contribution in [0.1, 0.15) is 12.8 Å². The van der Waals surface area contributed by atoms with E-state index in [1.54, 1.807) is 0 Å². The van der Waals surface area contributed by atoms with Crippen LogP contribution in [0.3, 0.4) is 0 Å². The molecule has 1 fully saturated rings. The first-order valence-electron chi connectivity index (χ1n) is 6.27. The summed E-state index contributed by atoms with van der Waals surface area (Å²) in [5.41, 5.74) is 0.968. The van der Waals surface area contributed by atoms with Crippen molar-refractivity contribution in [2.45, 2.75) is 12.8 Å². The monoisotopic (exact) mass is 244 g/mol. The average Bonchev–Trinajstić information content (AvgIpc) is 3.09. The Morgan fingerprint density at radius 3 is 2.72 bits per heavy atom. The standard InChI is InChI=1S/C13H16N4O/c1-2-6-11(7-3-1)12-15-13(18-16-12)14-10-17-8-4-5-9-17/h1-3,6-7H,4-5,8-10H2,(H,14,15,16). The molecule has 5 nitrogen and oxygen atoms in total. The minimum atomic E-state index is 0.487. The van der Waals surface area contributed by atoms with Gasteiger partial charge in [0.05, 0.1) is 6.67 Å². The maximum Gasteiger partial charge on any atom is 0.322 e. The van der Waals surface area contributed by atoms with E-state index in [4.69, 9.17) is 4.52 Å². The van der Waals surface area contributed by atoms with Crippen molar-refractivity contribution in [1.29, 1.82) is 0 Å². The molecule has 0 spiro atoms. The quantitative estimate of drug-likeness (QED) is 0.893. The van der Waals surface area contributed by atoms with Crippen LogP contribution >= 0.6 is 0 Å². The second-order valence-corrected chi connectivity index (χ2v) is 4.45. The maximum atomic E-state index is 5.18. The molecule has 94 valence electrons. The highest BCUT2D eigenvalue weighted by atomic mass is 16.5. The van der Waals surface area contributed by atoms with E-state index >= 15 is 0 Å². The fourth-order valence-corrected chi connectivity index (χ4v) is 2.12. The van der Waals surface area contributed by atoms with Crippen molar-refractivity contribution < 1.29 is 4.52 Å². The predicted octanol–water partition coefficient (Wildman–Crippen LogP) is 2.20. The molecule has 0 bridgehead atoms. The smallest absolute Gasteiger partial charge is 0.322 e. The van der Waals surface area contributed by atoms with Gasteiger partial charge >= 0.3 is 6.01 Å². The largest absolute Gasteiger partial charge is 0.325 e. The summed E-state index contributed by atoms with van der Waals surface area (Å²) < 4.78 is 5.18. The molecule has 1 saturated heterocycles. The van der Waals surface area contributed by atoms with Crippen LogP contribution in [-0.4, -0.2) is 34.8 Å². The summed E-state index contributed by atoms with van der Waals surface area (Å²) in [4.78, 5) is 6.67. The first-order chi connectivity index (χ1) is 8.92. The fourth-order valence-electron chi connectivity index (χ4n) is 2.12. The van der Waals surface area contributed by atoms with E-state index in [9.17, 15) is 0 Å².